The predicted octanol–water partition coefficient (Wildman–Crippen LogP) is 2.61. The molecule has 2 atom stereocenters. The van der Waals surface area contributed by atoms with E-state index in [0.717, 1.165) is 23.4 Å². The lowest BCUT2D eigenvalue weighted by Crippen LogP contribution is -2.40. The summed E-state index contributed by atoms with van der Waals surface area (Å²) in [5, 5.41) is 21.4. The summed E-state index contributed by atoms with van der Waals surface area (Å²) in [6, 6.07) is 8.02. The summed E-state index contributed by atoms with van der Waals surface area (Å²) in [6.07, 6.45) is 3.47. The Morgan fingerprint density at radius 2 is 2.07 bits per heavy atom. The van der Waals surface area contributed by atoms with Gasteiger partial charge in [-0.05, 0) is 25.5 Å². The van der Waals surface area contributed by atoms with Crippen LogP contribution in [0.5, 0.6) is 5.75 Å². The average molecular weight is 501 g/mol. The van der Waals surface area contributed by atoms with E-state index in [1.165, 1.54) is 0 Å². The fourth-order valence-electron chi connectivity index (χ4n) is 2.80. The molecular weight excluding hydrogens is 469 g/mol. The summed E-state index contributed by atoms with van der Waals surface area (Å²) in [5.74, 6) is 1.79. The Balaban J connectivity index is 0.00000392. The van der Waals surface area contributed by atoms with Crippen LogP contribution in [-0.4, -0.2) is 47.6 Å². The number of hydrogen-bond donors (Lipinski definition) is 3. The molecule has 156 valence electrons. The lowest BCUT2D eigenvalue weighted by molar-refractivity contribution is 0.0672. The number of nitrogens with one attached hydrogen (secondary N) is 2. The molecule has 7 nitrogen and oxygen atoms in total. The highest BCUT2D eigenvalue weighted by Crippen LogP contribution is 2.25. The second-order valence-electron chi connectivity index (χ2n) is 6.90. The van der Waals surface area contributed by atoms with Crippen molar-refractivity contribution in [1.29, 1.82) is 0 Å². The van der Waals surface area contributed by atoms with Crippen LogP contribution in [0.3, 0.4) is 0 Å². The Hall–Kier alpha value is -1.81. The summed E-state index contributed by atoms with van der Waals surface area (Å²) in [4.78, 5) is 4.56. The minimum atomic E-state index is -1.08. The zero-order valence-corrected chi connectivity index (χ0v) is 19.6. The van der Waals surface area contributed by atoms with Crippen molar-refractivity contribution in [3.63, 3.8) is 0 Å². The number of aromatic nitrogens is 2. The van der Waals surface area contributed by atoms with Crippen molar-refractivity contribution in [2.75, 3.05) is 26.7 Å². The molecule has 0 spiro atoms. The van der Waals surface area contributed by atoms with Crippen molar-refractivity contribution in [2.45, 2.75) is 32.3 Å². The van der Waals surface area contributed by atoms with E-state index >= 15 is 0 Å². The van der Waals surface area contributed by atoms with Gasteiger partial charge in [-0.15, -0.1) is 24.0 Å². The maximum Gasteiger partial charge on any atom is 0.191 e. The first-order valence-corrected chi connectivity index (χ1v) is 9.24. The van der Waals surface area contributed by atoms with E-state index < -0.39 is 5.60 Å². The number of nitrogens with zero attached hydrogens (tertiary/aromatic N) is 3. The smallest absolute Gasteiger partial charge is 0.191 e. The van der Waals surface area contributed by atoms with E-state index in [-0.39, 0.29) is 36.4 Å². The Morgan fingerprint density at radius 3 is 2.68 bits per heavy atom. The number of rotatable bonds is 8. The summed E-state index contributed by atoms with van der Waals surface area (Å²) >= 11 is 0. The van der Waals surface area contributed by atoms with Crippen LogP contribution in [0.4, 0.5) is 0 Å². The standard InChI is InChI=1S/C20H31N5O2.HI/c1-6-21-19(23-14-20(3,26)16-12-24-25(4)13-16)22-11-15(2)17-9-7-8-10-18(17)27-5;/h7-10,12-13,15,26H,6,11,14H2,1-5H3,(H2,21,22,23);1H. The molecule has 2 unspecified atom stereocenters. The third-order valence-electron chi connectivity index (χ3n) is 4.46. The molecule has 0 amide bonds. The largest absolute Gasteiger partial charge is 0.496 e. The van der Waals surface area contributed by atoms with Crippen LogP contribution in [0.1, 0.15) is 37.8 Å². The molecule has 0 saturated carbocycles. The molecule has 2 rings (SSSR count). The van der Waals surface area contributed by atoms with Gasteiger partial charge in [0.2, 0.25) is 0 Å². The number of para-hydroxylation sites is 1. The van der Waals surface area contributed by atoms with Gasteiger partial charge in [0.25, 0.3) is 0 Å². The molecule has 0 aliphatic heterocycles. The topological polar surface area (TPSA) is 83.7 Å². The number of benzene rings is 1. The molecule has 8 heteroatoms. The van der Waals surface area contributed by atoms with Gasteiger partial charge in [-0.3, -0.25) is 4.68 Å². The third kappa shape index (κ3) is 6.66. The second-order valence-corrected chi connectivity index (χ2v) is 6.90. The Bertz CT molecular complexity index is 761. The van der Waals surface area contributed by atoms with Crippen molar-refractivity contribution in [3.8, 4) is 5.75 Å². The quantitative estimate of drug-likeness (QED) is 0.294. The summed E-state index contributed by atoms with van der Waals surface area (Å²) in [7, 11) is 3.51. The van der Waals surface area contributed by atoms with Gasteiger partial charge in [0.15, 0.2) is 5.96 Å². The van der Waals surface area contributed by atoms with E-state index in [1.54, 1.807) is 31.1 Å². The maximum absolute atomic E-state index is 10.7. The second kappa shape index (κ2) is 11.3. The molecule has 1 heterocycles. The van der Waals surface area contributed by atoms with Gasteiger partial charge in [0.05, 0.1) is 19.9 Å². The fourth-order valence-corrected chi connectivity index (χ4v) is 2.80. The molecule has 0 fully saturated rings. The number of aliphatic hydroxyl groups is 1. The number of aliphatic imine (C=N–C) groups is 1. The van der Waals surface area contributed by atoms with E-state index in [0.29, 0.717) is 12.5 Å². The van der Waals surface area contributed by atoms with E-state index in [2.05, 4.69) is 33.7 Å². The summed E-state index contributed by atoms with van der Waals surface area (Å²) in [6.45, 7) is 7.57. The lowest BCUT2D eigenvalue weighted by atomic mass is 10.00. The summed E-state index contributed by atoms with van der Waals surface area (Å²) in [5.41, 5.74) is 0.808. The van der Waals surface area contributed by atoms with E-state index in [1.807, 2.05) is 32.2 Å². The number of hydrogen-bond acceptors (Lipinski definition) is 4. The van der Waals surface area contributed by atoms with Crippen LogP contribution in [0.2, 0.25) is 0 Å². The third-order valence-corrected chi connectivity index (χ3v) is 4.46. The zero-order chi connectivity index (χ0) is 19.9. The molecule has 28 heavy (non-hydrogen) atoms. The van der Waals surface area contributed by atoms with Crippen LogP contribution >= 0.6 is 24.0 Å². The van der Waals surface area contributed by atoms with Crippen molar-refractivity contribution in [1.82, 2.24) is 20.4 Å². The molecule has 0 radical (unpaired) electrons. The van der Waals surface area contributed by atoms with E-state index in [4.69, 9.17) is 4.74 Å². The van der Waals surface area contributed by atoms with Gasteiger partial charge in [-0.1, -0.05) is 25.1 Å². The van der Waals surface area contributed by atoms with Gasteiger partial charge in [-0.25, -0.2) is 4.99 Å². The molecular formula is C20H32IN5O2. The van der Waals surface area contributed by atoms with Crippen LogP contribution in [0.15, 0.2) is 41.7 Å². The fraction of sp³-hybridized carbons (Fsp3) is 0.500. The monoisotopic (exact) mass is 501 g/mol. The number of methoxy groups -OCH3 is 1. The average Bonchev–Trinajstić information content (AvgIpc) is 3.11. The van der Waals surface area contributed by atoms with Gasteiger partial charge >= 0.3 is 0 Å². The minimum Gasteiger partial charge on any atom is -0.496 e. The molecule has 0 bridgehead atoms. The van der Waals surface area contributed by atoms with Crippen LogP contribution in [-0.2, 0) is 12.6 Å². The Labute approximate surface area is 184 Å². The van der Waals surface area contributed by atoms with Crippen LogP contribution in [0.25, 0.3) is 0 Å². The predicted molar refractivity (Wildman–Crippen MR) is 124 cm³/mol. The number of ether oxygens (including phenoxy) is 1. The first kappa shape index (κ1) is 24.2. The molecule has 1 aromatic heterocycles. The minimum absolute atomic E-state index is 0. The first-order chi connectivity index (χ1) is 12.9. The molecule has 1 aromatic carbocycles. The van der Waals surface area contributed by atoms with Gasteiger partial charge in [-0.2, -0.15) is 5.10 Å². The van der Waals surface area contributed by atoms with Gasteiger partial charge < -0.3 is 20.5 Å². The van der Waals surface area contributed by atoms with Crippen molar-refractivity contribution < 1.29 is 9.84 Å². The van der Waals surface area contributed by atoms with Crippen LogP contribution < -0.4 is 15.4 Å². The van der Waals surface area contributed by atoms with E-state index in [9.17, 15) is 5.11 Å². The van der Waals surface area contributed by atoms with Crippen molar-refractivity contribution in [2.24, 2.45) is 12.0 Å². The zero-order valence-electron chi connectivity index (χ0n) is 17.3. The molecule has 0 aliphatic rings. The lowest BCUT2D eigenvalue weighted by Gasteiger charge is -2.21. The SMILES string of the molecule is CCNC(=NCC(C)(O)c1cnn(C)c1)NCC(C)c1ccccc1OC.I. The van der Waals surface area contributed by atoms with Crippen molar-refractivity contribution >= 4 is 29.9 Å². The normalized spacial score (nSPS) is 14.6. The van der Waals surface area contributed by atoms with Crippen LogP contribution in [0, 0.1) is 0 Å². The maximum atomic E-state index is 10.7. The van der Waals surface area contributed by atoms with Gasteiger partial charge in [0.1, 0.15) is 11.4 Å². The highest BCUT2D eigenvalue weighted by Gasteiger charge is 2.24. The molecule has 0 aliphatic carbocycles. The summed E-state index contributed by atoms with van der Waals surface area (Å²) < 4.78 is 7.12. The highest BCUT2D eigenvalue weighted by molar-refractivity contribution is 14.0. The Morgan fingerprint density at radius 1 is 1.36 bits per heavy atom. The number of halogens is 1. The first-order valence-electron chi connectivity index (χ1n) is 9.24. The Kier molecular flexibility index (Phi) is 9.74. The number of guanidine groups is 1. The number of aryl methyl sites for hydroxylation is 1. The van der Waals surface area contributed by atoms with Gasteiger partial charge in [0, 0.05) is 37.8 Å². The van der Waals surface area contributed by atoms with Crippen molar-refractivity contribution in [3.05, 3.63) is 47.8 Å². The highest BCUT2D eigenvalue weighted by atomic mass is 127. The molecule has 0 saturated heterocycles. The molecule has 3 N–H and O–H groups in total. The molecule has 2 aromatic rings.